The first kappa shape index (κ1) is 58.8. The van der Waals surface area contributed by atoms with E-state index < -0.39 is 185 Å². The van der Waals surface area contributed by atoms with E-state index in [0.29, 0.717) is 0 Å². The van der Waals surface area contributed by atoms with Gasteiger partial charge in [0.05, 0.1) is 160 Å². The number of methoxy groups -OCH3 is 3. The smallest absolute Gasteiger partial charge is 0.110 e. The summed E-state index contributed by atoms with van der Waals surface area (Å²) in [5.74, 6) is -4.39. The van der Waals surface area contributed by atoms with Crippen molar-refractivity contribution in [2.75, 3.05) is 120 Å². The Hall–Kier alpha value is -1.04. The Morgan fingerprint density at radius 2 is 0.449 bits per heavy atom. The molecule has 0 saturated carbocycles. The van der Waals surface area contributed by atoms with Crippen molar-refractivity contribution in [2.45, 2.75) is 122 Å². The minimum Gasteiger partial charge on any atom is -0.394 e. The standard InChI is InChI=1S/C43H78O26/c1-58-8-19-24(4-44)66-30(40(54)34(19)48)16-63-12-23-28(14-64-18-32-41(55)35(49)20(9-59-2)25(5-45)67-32)69-33(43(57)38(23)52)17-62-11-22-27(7-47)68-31(42(56)37(22)51)15-61-10-21-26(6-46)65-29(13-60-3)39(53)36(21)50/h19-57H,4-18H2,1-3H3/t19-,20-,21-,22-,23-,24+,25-,26+,27+,28+,29-,30-,31-,32-,33-,34?,35-,36?,37?,38?,39?,40?,41-,42?,43?/m1/s1. The van der Waals surface area contributed by atoms with Crippen molar-refractivity contribution in [3.63, 3.8) is 0 Å². The summed E-state index contributed by atoms with van der Waals surface area (Å²) < 4.78 is 68.1. The third-order valence-corrected chi connectivity index (χ3v) is 14.1. The van der Waals surface area contributed by atoms with Crippen LogP contribution in [0.3, 0.4) is 0 Å². The van der Waals surface area contributed by atoms with E-state index in [2.05, 4.69) is 0 Å². The Morgan fingerprint density at radius 1 is 0.246 bits per heavy atom. The summed E-state index contributed by atoms with van der Waals surface area (Å²) in [6, 6.07) is 0. The molecule has 0 aromatic heterocycles. The van der Waals surface area contributed by atoms with Crippen LogP contribution in [0, 0.1) is 29.6 Å². The molecule has 0 spiro atoms. The van der Waals surface area contributed by atoms with Crippen LogP contribution in [0.4, 0.5) is 0 Å². The predicted molar refractivity (Wildman–Crippen MR) is 228 cm³/mol. The second-order valence-corrected chi connectivity index (χ2v) is 18.5. The third-order valence-electron chi connectivity index (χ3n) is 14.1. The highest BCUT2D eigenvalue weighted by molar-refractivity contribution is 4.97. The van der Waals surface area contributed by atoms with Gasteiger partial charge in [-0.25, -0.2) is 0 Å². The van der Waals surface area contributed by atoms with E-state index >= 15 is 0 Å². The molecule has 5 aliphatic heterocycles. The monoisotopic (exact) mass is 1010 g/mol. The summed E-state index contributed by atoms with van der Waals surface area (Å²) in [5.41, 5.74) is 0. The van der Waals surface area contributed by atoms with E-state index in [1.54, 1.807) is 0 Å². The average Bonchev–Trinajstić information content (AvgIpc) is 3.34. The van der Waals surface area contributed by atoms with E-state index in [-0.39, 0.29) is 66.1 Å². The molecular weight excluding hydrogens is 932 g/mol. The maximum atomic E-state index is 11.5. The van der Waals surface area contributed by atoms with Gasteiger partial charge in [0.2, 0.25) is 0 Å². The summed E-state index contributed by atoms with van der Waals surface area (Å²) in [6.07, 6.45) is -24.8. The molecule has 5 fully saturated rings. The summed E-state index contributed by atoms with van der Waals surface area (Å²) in [7, 11) is 4.19. The Morgan fingerprint density at radius 3 is 0.710 bits per heavy atom. The van der Waals surface area contributed by atoms with E-state index in [1.165, 1.54) is 21.3 Å². The molecular formula is C43H78O26. The summed E-state index contributed by atoms with van der Waals surface area (Å²) in [5, 5.41) is 149. The van der Waals surface area contributed by atoms with Crippen LogP contribution in [0.1, 0.15) is 0 Å². The zero-order valence-electron chi connectivity index (χ0n) is 39.2. The maximum Gasteiger partial charge on any atom is 0.110 e. The van der Waals surface area contributed by atoms with Gasteiger partial charge < -0.3 is 128 Å². The van der Waals surface area contributed by atoms with Gasteiger partial charge in [-0.3, -0.25) is 0 Å². The lowest BCUT2D eigenvalue weighted by atomic mass is 9.86. The van der Waals surface area contributed by atoms with Crippen molar-refractivity contribution >= 4 is 0 Å². The lowest BCUT2D eigenvalue weighted by Crippen LogP contribution is -2.60. The quantitative estimate of drug-likeness (QED) is 0.0383. The van der Waals surface area contributed by atoms with Crippen LogP contribution >= 0.6 is 0 Å². The van der Waals surface area contributed by atoms with Crippen molar-refractivity contribution in [3.05, 3.63) is 0 Å². The van der Waals surface area contributed by atoms with Crippen LogP contribution in [0.2, 0.25) is 0 Å². The maximum absolute atomic E-state index is 11.5. The van der Waals surface area contributed by atoms with Gasteiger partial charge in [-0.2, -0.15) is 0 Å². The number of hydrogen-bond acceptors (Lipinski definition) is 26. The Bertz CT molecular complexity index is 1420. The van der Waals surface area contributed by atoms with Crippen LogP contribution in [-0.4, -0.2) is 314 Å². The molecule has 5 aliphatic rings. The van der Waals surface area contributed by atoms with Crippen LogP contribution in [0.5, 0.6) is 0 Å². The topological polar surface area (TPSA) is 394 Å². The highest BCUT2D eigenvalue weighted by Gasteiger charge is 2.50. The van der Waals surface area contributed by atoms with Crippen molar-refractivity contribution < 1.29 is 128 Å². The van der Waals surface area contributed by atoms with Crippen LogP contribution < -0.4 is 0 Å². The summed E-state index contributed by atoms with van der Waals surface area (Å²) >= 11 is 0. The Balaban J connectivity index is 1.19. The normalized spacial score (nSPS) is 45.4. The van der Waals surface area contributed by atoms with Gasteiger partial charge in [0.25, 0.3) is 0 Å². The minimum absolute atomic E-state index is 0.000583. The molecule has 26 nitrogen and oxygen atoms in total. The van der Waals surface area contributed by atoms with Gasteiger partial charge in [0, 0.05) is 50.9 Å². The zero-order valence-corrected chi connectivity index (χ0v) is 39.2. The van der Waals surface area contributed by atoms with Crippen LogP contribution in [-0.2, 0) is 56.8 Å². The number of hydrogen-bond donors (Lipinski definition) is 14. The molecule has 14 N–H and O–H groups in total. The SMILES string of the molecule is COC[C@H]1[C@@H](O)[C@H](O)[C@@H](COC[C@@H]2O[C@H](COC[C@H]3C(O)C(O)[C@@H](COC[C@H]4C(O)C(O)[C@@H](COC)O[C@H]4CO)O[C@H]3CO)C(O)C(O)[C@@H]2COC[C@H]2O[C@@H](CO)[C@@H](COC)C(O)C2O)O[C@@H]1CO. The van der Waals surface area contributed by atoms with Crippen LogP contribution in [0.25, 0.3) is 0 Å². The fraction of sp³-hybridized carbons (Fsp3) is 1.00. The Labute approximate surface area is 400 Å². The first-order chi connectivity index (χ1) is 33.1. The number of rotatable bonds is 26. The molecule has 0 aromatic carbocycles. The lowest BCUT2D eigenvalue weighted by molar-refractivity contribution is -0.256. The Kier molecular flexibility index (Phi) is 24.4. The lowest BCUT2D eigenvalue weighted by Gasteiger charge is -2.45. The number of aliphatic hydroxyl groups excluding tert-OH is 14. The van der Waals surface area contributed by atoms with Crippen molar-refractivity contribution in [2.24, 2.45) is 29.6 Å². The van der Waals surface area contributed by atoms with E-state index in [0.717, 1.165) is 0 Å². The molecule has 0 aliphatic carbocycles. The van der Waals surface area contributed by atoms with Gasteiger partial charge in [-0.1, -0.05) is 0 Å². The fourth-order valence-corrected chi connectivity index (χ4v) is 9.90. The molecule has 5 rings (SSSR count). The van der Waals surface area contributed by atoms with Gasteiger partial charge in [0.15, 0.2) is 0 Å². The predicted octanol–water partition coefficient (Wildman–Crippen LogP) is -8.51. The third kappa shape index (κ3) is 14.4. The molecule has 26 heteroatoms. The second kappa shape index (κ2) is 28.6. The molecule has 5 saturated heterocycles. The van der Waals surface area contributed by atoms with Gasteiger partial charge >= 0.3 is 0 Å². The first-order valence-corrected chi connectivity index (χ1v) is 23.4. The molecule has 8 unspecified atom stereocenters. The van der Waals surface area contributed by atoms with Crippen molar-refractivity contribution in [1.29, 1.82) is 0 Å². The summed E-state index contributed by atoms with van der Waals surface area (Å²) in [6.45, 7) is -4.69. The molecule has 69 heavy (non-hydrogen) atoms. The van der Waals surface area contributed by atoms with Crippen molar-refractivity contribution in [3.8, 4) is 0 Å². The minimum atomic E-state index is -1.61. The highest BCUT2D eigenvalue weighted by Crippen LogP contribution is 2.33. The largest absolute Gasteiger partial charge is 0.394 e. The number of ether oxygens (including phenoxy) is 12. The second-order valence-electron chi connectivity index (χ2n) is 18.5. The average molecular weight is 1010 g/mol. The van der Waals surface area contributed by atoms with Gasteiger partial charge in [-0.05, 0) is 0 Å². The number of aliphatic hydroxyl groups is 14. The highest BCUT2D eigenvalue weighted by atomic mass is 16.6. The van der Waals surface area contributed by atoms with Gasteiger partial charge in [0.1, 0.15) is 61.0 Å². The molecule has 406 valence electrons. The van der Waals surface area contributed by atoms with E-state index in [1.807, 2.05) is 0 Å². The molecule has 25 atom stereocenters. The molecule has 0 aromatic rings. The molecule has 0 bridgehead atoms. The first-order valence-electron chi connectivity index (χ1n) is 23.4. The fourth-order valence-electron chi connectivity index (χ4n) is 9.90. The van der Waals surface area contributed by atoms with E-state index in [9.17, 15) is 71.5 Å². The molecule has 5 heterocycles. The van der Waals surface area contributed by atoms with Crippen LogP contribution in [0.15, 0.2) is 0 Å². The van der Waals surface area contributed by atoms with E-state index in [4.69, 9.17) is 56.8 Å². The zero-order chi connectivity index (χ0) is 50.5. The summed E-state index contributed by atoms with van der Waals surface area (Å²) in [4.78, 5) is 0. The molecule has 0 amide bonds. The van der Waals surface area contributed by atoms with Gasteiger partial charge in [-0.15, -0.1) is 0 Å². The molecule has 0 radical (unpaired) electrons. The van der Waals surface area contributed by atoms with Crippen molar-refractivity contribution in [1.82, 2.24) is 0 Å².